The van der Waals surface area contributed by atoms with Gasteiger partial charge in [-0.1, -0.05) is 73.7 Å². The molecule has 0 aromatic heterocycles. The molecule has 0 radical (unpaired) electrons. The molecule has 16 nitrogen and oxygen atoms in total. The largest absolute Gasteiger partial charge is 0.508 e. The first kappa shape index (κ1) is 44.7. The summed E-state index contributed by atoms with van der Waals surface area (Å²) in [5, 5.41) is 28.4. The fraction of sp³-hybridized carbons (Fsp3) is 0.458. The summed E-state index contributed by atoms with van der Waals surface area (Å²) in [7, 11) is 2.40. The van der Waals surface area contributed by atoms with E-state index in [0.717, 1.165) is 7.11 Å². The summed E-state index contributed by atoms with van der Waals surface area (Å²) in [6.45, 7) is 5.71. The van der Waals surface area contributed by atoms with Gasteiger partial charge in [0.05, 0.1) is 36.7 Å². The third-order valence-corrected chi connectivity index (χ3v) is 14.5. The number of amides is 1. The Kier molecular flexibility index (Phi) is 11.3. The Bertz CT molecular complexity index is 2390. The number of esters is 3. The quantitative estimate of drug-likeness (QED) is 0.138. The van der Waals surface area contributed by atoms with E-state index in [4.69, 9.17) is 33.2 Å². The molecule has 3 N–H and O–H groups in total. The van der Waals surface area contributed by atoms with Gasteiger partial charge in [0, 0.05) is 44.3 Å². The number of Topliss-reactive ketones (excluding diaryl/α,β-unsaturated/α-hetero) is 1. The molecule has 5 fully saturated rings. The summed E-state index contributed by atoms with van der Waals surface area (Å²) < 4.78 is 41.9. The maximum Gasteiger partial charge on any atom is 0.508 e. The molecule has 338 valence electrons. The van der Waals surface area contributed by atoms with Crippen LogP contribution in [0.5, 0.6) is 0 Å². The van der Waals surface area contributed by atoms with Gasteiger partial charge >= 0.3 is 24.1 Å². The van der Waals surface area contributed by atoms with Crippen LogP contribution in [0.1, 0.15) is 79.3 Å². The first-order valence-corrected chi connectivity index (χ1v) is 21.1. The van der Waals surface area contributed by atoms with Crippen LogP contribution < -0.4 is 5.32 Å². The van der Waals surface area contributed by atoms with Crippen molar-refractivity contribution in [2.24, 2.45) is 16.7 Å². The lowest BCUT2D eigenvalue weighted by molar-refractivity contribution is -0.403. The molecule has 0 unspecified atom stereocenters. The van der Waals surface area contributed by atoms with E-state index in [-0.39, 0.29) is 36.1 Å². The highest BCUT2D eigenvalue weighted by molar-refractivity contribution is 5.96. The topological polar surface area (TPSA) is 220 Å². The zero-order valence-electron chi connectivity index (χ0n) is 36.2. The van der Waals surface area contributed by atoms with Crippen molar-refractivity contribution in [3.05, 3.63) is 119 Å². The molecule has 1 heterocycles. The number of methoxy groups -OCH3 is 2. The third-order valence-electron chi connectivity index (χ3n) is 14.5. The van der Waals surface area contributed by atoms with Gasteiger partial charge in [-0.3, -0.25) is 14.4 Å². The highest BCUT2D eigenvalue weighted by Gasteiger charge is 2.89. The predicted octanol–water partition coefficient (Wildman–Crippen LogP) is 4.36. The number of carbonyl (C=O) groups excluding carboxylic acids is 6. The zero-order chi connectivity index (χ0) is 46.0. The van der Waals surface area contributed by atoms with Crippen molar-refractivity contribution >= 4 is 35.8 Å². The van der Waals surface area contributed by atoms with E-state index in [2.05, 4.69) is 5.32 Å². The molecule has 5 aliphatic carbocycles. The Morgan fingerprint density at radius 2 is 1.47 bits per heavy atom. The highest BCUT2D eigenvalue weighted by Crippen LogP contribution is 2.77. The molecule has 3 aromatic carbocycles. The summed E-state index contributed by atoms with van der Waals surface area (Å²) in [5.41, 5.74) is -8.28. The molecule has 4 saturated carbocycles. The van der Waals surface area contributed by atoms with Crippen molar-refractivity contribution in [1.82, 2.24) is 5.32 Å². The molecule has 3 aromatic rings. The van der Waals surface area contributed by atoms with Crippen LogP contribution in [0, 0.1) is 16.7 Å². The lowest BCUT2D eigenvalue weighted by atomic mass is 9.31. The second-order valence-electron chi connectivity index (χ2n) is 17.8. The average Bonchev–Trinajstić information content (AvgIpc) is 3.28. The van der Waals surface area contributed by atoms with E-state index in [1.54, 1.807) is 92.7 Å². The van der Waals surface area contributed by atoms with Gasteiger partial charge < -0.3 is 48.7 Å². The molecule has 64 heavy (non-hydrogen) atoms. The molecule has 1 saturated heterocycles. The Balaban J connectivity index is 1.28. The minimum Gasteiger partial charge on any atom is -0.456 e. The monoisotopic (exact) mass is 881 g/mol. The standard InChI is InChI=1S/C48H51NO15/c1-26-31(61-41(55)36(51)35(28-16-10-7-11-17-28)49-39(53)29-18-12-8-13-19-29)23-48(57)44(3)24-47(48,64-40(54)30-20-14-9-15-21-30)42-45(4,38(52)37(58-5)34(26)44)32(62-43(56)59-6)22-33-46(42,25-60-33)63-27(2)50/h7-21,31-33,35-37,42,51,57H,22-25H2,1-6H3,(H,49,53)/t31-,32-,33+,35-,36+,37+,42-,44-,45-,46-,47+,48-/m0/s1. The number of ether oxygens (including phenoxy) is 7. The van der Waals surface area contributed by atoms with Crippen molar-refractivity contribution in [1.29, 1.82) is 0 Å². The summed E-state index contributed by atoms with van der Waals surface area (Å²) in [6.07, 6.45) is -9.20. The van der Waals surface area contributed by atoms with Gasteiger partial charge in [-0.15, -0.1) is 0 Å². The van der Waals surface area contributed by atoms with E-state index in [1.165, 1.54) is 33.1 Å². The number of ketones is 1. The fourth-order valence-electron chi connectivity index (χ4n) is 11.6. The third kappa shape index (κ3) is 6.55. The number of hydrogen-bond acceptors (Lipinski definition) is 15. The van der Waals surface area contributed by atoms with Gasteiger partial charge in [-0.05, 0) is 54.8 Å². The van der Waals surface area contributed by atoms with E-state index < -0.39 is 112 Å². The zero-order valence-corrected chi connectivity index (χ0v) is 36.2. The molecular formula is C48H51NO15. The van der Waals surface area contributed by atoms with Gasteiger partial charge in [0.25, 0.3) is 5.91 Å². The Hall–Kier alpha value is -5.94. The van der Waals surface area contributed by atoms with E-state index >= 15 is 4.79 Å². The van der Waals surface area contributed by atoms with E-state index in [0.29, 0.717) is 11.1 Å². The minimum absolute atomic E-state index is 0.0958. The van der Waals surface area contributed by atoms with Crippen LogP contribution >= 0.6 is 0 Å². The molecular weight excluding hydrogens is 831 g/mol. The van der Waals surface area contributed by atoms with Crippen LogP contribution in [0.2, 0.25) is 0 Å². The van der Waals surface area contributed by atoms with Gasteiger partial charge in [0.2, 0.25) is 0 Å². The van der Waals surface area contributed by atoms with Crippen molar-refractivity contribution < 1.29 is 72.1 Å². The van der Waals surface area contributed by atoms with Crippen LogP contribution in [0.15, 0.2) is 102 Å². The molecule has 6 aliphatic rings. The number of carbonyl (C=O) groups is 6. The summed E-state index contributed by atoms with van der Waals surface area (Å²) >= 11 is 0. The molecule has 0 spiro atoms. The summed E-state index contributed by atoms with van der Waals surface area (Å²) in [4.78, 5) is 84.3. The number of nitrogens with one attached hydrogen (secondary N) is 1. The molecule has 1 amide bonds. The Morgan fingerprint density at radius 1 is 0.859 bits per heavy atom. The van der Waals surface area contributed by atoms with Crippen LogP contribution in [0.4, 0.5) is 4.79 Å². The number of fused-ring (bicyclic) bond motifs is 2. The number of hydrogen-bond donors (Lipinski definition) is 3. The number of benzene rings is 3. The van der Waals surface area contributed by atoms with Gasteiger partial charge in [0.1, 0.15) is 30.0 Å². The normalized spacial score (nSPS) is 34.3. The van der Waals surface area contributed by atoms with Crippen LogP contribution in [0.25, 0.3) is 0 Å². The molecule has 12 atom stereocenters. The maximum atomic E-state index is 15.7. The highest BCUT2D eigenvalue weighted by atomic mass is 16.7. The van der Waals surface area contributed by atoms with Crippen LogP contribution in [-0.4, -0.2) is 114 Å². The second kappa shape index (κ2) is 16.2. The molecule has 16 heteroatoms. The maximum absolute atomic E-state index is 15.7. The second-order valence-corrected chi connectivity index (χ2v) is 17.8. The molecule has 9 rings (SSSR count). The van der Waals surface area contributed by atoms with Crippen molar-refractivity contribution in [3.8, 4) is 0 Å². The fourth-order valence-corrected chi connectivity index (χ4v) is 11.6. The van der Waals surface area contributed by atoms with Gasteiger partial charge in [-0.2, -0.15) is 0 Å². The predicted molar refractivity (Wildman–Crippen MR) is 222 cm³/mol. The SMILES string of the molecule is COC(=O)O[C@H]1C[C@H]2OC[C@@]2(OC(C)=O)[C@@H]2[C@]1(C)C(=O)[C@H](OC)C1=C(C)[C@@H](OC(=O)[C@H](O)[C@@H](NC(=O)c3ccccc3)c3ccccc3)C[C@]3(O)[C@@]1(C)C[C@@]23OC(=O)c1ccccc1. The van der Waals surface area contributed by atoms with Gasteiger partial charge in [-0.25, -0.2) is 14.4 Å². The Morgan fingerprint density at radius 3 is 2.03 bits per heavy atom. The lowest BCUT2D eigenvalue weighted by Crippen LogP contribution is -2.91. The number of rotatable bonds is 11. The first-order chi connectivity index (χ1) is 30.4. The first-order valence-electron chi connectivity index (χ1n) is 21.1. The van der Waals surface area contributed by atoms with Gasteiger partial charge in [0.15, 0.2) is 23.1 Å². The summed E-state index contributed by atoms with van der Waals surface area (Å²) in [5.74, 6) is -5.57. The Labute approximate surface area is 369 Å². The van der Waals surface area contributed by atoms with Crippen molar-refractivity contribution in [3.63, 3.8) is 0 Å². The lowest BCUT2D eigenvalue weighted by Gasteiger charge is -2.78. The average molecular weight is 882 g/mol. The molecule has 1 aliphatic heterocycles. The van der Waals surface area contributed by atoms with Crippen LogP contribution in [-0.2, 0) is 47.5 Å². The van der Waals surface area contributed by atoms with Crippen molar-refractivity contribution in [2.75, 3.05) is 20.8 Å². The van der Waals surface area contributed by atoms with E-state index in [1.807, 2.05) is 0 Å². The molecule has 4 bridgehead atoms. The van der Waals surface area contributed by atoms with E-state index in [9.17, 15) is 34.2 Å². The number of aliphatic hydroxyl groups is 2. The minimum atomic E-state index is -2.26. The van der Waals surface area contributed by atoms with Crippen molar-refractivity contribution in [2.45, 2.75) is 100 Å². The number of aliphatic hydroxyl groups excluding tert-OH is 1. The summed E-state index contributed by atoms with van der Waals surface area (Å²) in [6, 6.07) is 23.2. The smallest absolute Gasteiger partial charge is 0.456 e. The van der Waals surface area contributed by atoms with Crippen LogP contribution in [0.3, 0.4) is 0 Å².